The Labute approximate surface area is 134 Å². The zero-order chi connectivity index (χ0) is 16.7. The van der Waals surface area contributed by atoms with Crippen LogP contribution in [0.3, 0.4) is 0 Å². The molecule has 0 saturated carbocycles. The number of carboxylic acid groups (broad SMARTS) is 1. The van der Waals surface area contributed by atoms with Gasteiger partial charge in [0.05, 0.1) is 19.8 Å². The summed E-state index contributed by atoms with van der Waals surface area (Å²) in [5, 5.41) is 8.95. The second kappa shape index (κ2) is 7.93. The molecule has 0 atom stereocenters. The number of hydrogen-bond donors (Lipinski definition) is 1. The standard InChI is InChI=1S/C17H18O6/c1-20-13-4-6-14(7-5-13)22-9-10-23-15-8-3-12(17(18)19)11-16(15)21-2/h3-8,11H,9-10H2,1-2H3,(H,18,19). The molecule has 1 N–H and O–H groups in total. The maximum Gasteiger partial charge on any atom is 0.335 e. The van der Waals surface area contributed by atoms with Gasteiger partial charge in [0.2, 0.25) is 0 Å². The lowest BCUT2D eigenvalue weighted by Crippen LogP contribution is -2.10. The Kier molecular flexibility index (Phi) is 5.68. The van der Waals surface area contributed by atoms with Crippen LogP contribution in [0.15, 0.2) is 42.5 Å². The van der Waals surface area contributed by atoms with Gasteiger partial charge in [0.25, 0.3) is 0 Å². The van der Waals surface area contributed by atoms with Crippen molar-refractivity contribution in [3.05, 3.63) is 48.0 Å². The molecule has 0 amide bonds. The van der Waals surface area contributed by atoms with Crippen LogP contribution in [0.2, 0.25) is 0 Å². The summed E-state index contributed by atoms with van der Waals surface area (Å²) >= 11 is 0. The fraction of sp³-hybridized carbons (Fsp3) is 0.235. The molecule has 2 aromatic rings. The van der Waals surface area contributed by atoms with Crippen LogP contribution >= 0.6 is 0 Å². The van der Waals surface area contributed by atoms with E-state index < -0.39 is 5.97 Å². The van der Waals surface area contributed by atoms with Gasteiger partial charge >= 0.3 is 5.97 Å². The van der Waals surface area contributed by atoms with Gasteiger partial charge in [-0.3, -0.25) is 0 Å². The topological polar surface area (TPSA) is 74.2 Å². The molecule has 0 aromatic heterocycles. The summed E-state index contributed by atoms with van der Waals surface area (Å²) in [6.45, 7) is 0.644. The molecule has 122 valence electrons. The highest BCUT2D eigenvalue weighted by Crippen LogP contribution is 2.28. The first-order valence-electron chi connectivity index (χ1n) is 6.95. The molecule has 0 heterocycles. The zero-order valence-corrected chi connectivity index (χ0v) is 12.9. The average molecular weight is 318 g/mol. The Morgan fingerprint density at radius 3 is 2.13 bits per heavy atom. The van der Waals surface area contributed by atoms with Gasteiger partial charge in [-0.2, -0.15) is 0 Å². The van der Waals surface area contributed by atoms with Crippen molar-refractivity contribution in [3.8, 4) is 23.0 Å². The fourth-order valence-electron chi connectivity index (χ4n) is 1.90. The Morgan fingerprint density at radius 2 is 1.52 bits per heavy atom. The van der Waals surface area contributed by atoms with E-state index in [9.17, 15) is 4.79 Å². The molecular weight excluding hydrogens is 300 g/mol. The van der Waals surface area contributed by atoms with Crippen LogP contribution in [0.25, 0.3) is 0 Å². The van der Waals surface area contributed by atoms with Crippen LogP contribution in [0.4, 0.5) is 0 Å². The van der Waals surface area contributed by atoms with Gasteiger partial charge in [0.15, 0.2) is 11.5 Å². The van der Waals surface area contributed by atoms with Gasteiger partial charge in [0.1, 0.15) is 24.7 Å². The summed E-state index contributed by atoms with van der Waals surface area (Å²) < 4.78 is 21.3. The quantitative estimate of drug-likeness (QED) is 0.754. The van der Waals surface area contributed by atoms with E-state index in [1.165, 1.54) is 19.2 Å². The Bertz CT molecular complexity index is 651. The molecule has 0 aliphatic carbocycles. The Balaban J connectivity index is 1.86. The lowest BCUT2D eigenvalue weighted by Gasteiger charge is -2.12. The molecule has 2 rings (SSSR count). The molecule has 0 saturated heterocycles. The van der Waals surface area contributed by atoms with Gasteiger partial charge < -0.3 is 24.1 Å². The number of carboxylic acids is 1. The summed E-state index contributed by atoms with van der Waals surface area (Å²) in [6, 6.07) is 11.7. The number of hydrogen-bond acceptors (Lipinski definition) is 5. The fourth-order valence-corrected chi connectivity index (χ4v) is 1.90. The molecule has 6 heteroatoms. The second-order valence-corrected chi connectivity index (χ2v) is 4.54. The van der Waals surface area contributed by atoms with Crippen LogP contribution in [-0.4, -0.2) is 38.5 Å². The third-order valence-corrected chi connectivity index (χ3v) is 3.08. The smallest absolute Gasteiger partial charge is 0.335 e. The van der Waals surface area contributed by atoms with Crippen molar-refractivity contribution in [2.24, 2.45) is 0 Å². The Hall–Kier alpha value is -2.89. The summed E-state index contributed by atoms with van der Waals surface area (Å²) in [4.78, 5) is 10.9. The second-order valence-electron chi connectivity index (χ2n) is 4.54. The third-order valence-electron chi connectivity index (χ3n) is 3.08. The van der Waals surface area contributed by atoms with Crippen molar-refractivity contribution in [2.45, 2.75) is 0 Å². The number of carbonyl (C=O) groups is 1. The van der Waals surface area contributed by atoms with E-state index in [2.05, 4.69) is 0 Å². The lowest BCUT2D eigenvalue weighted by molar-refractivity contribution is 0.0696. The maximum atomic E-state index is 10.9. The van der Waals surface area contributed by atoms with Crippen LogP contribution < -0.4 is 18.9 Å². The lowest BCUT2D eigenvalue weighted by atomic mass is 10.2. The van der Waals surface area contributed by atoms with E-state index in [1.54, 1.807) is 25.3 Å². The highest BCUT2D eigenvalue weighted by atomic mass is 16.5. The van der Waals surface area contributed by atoms with E-state index >= 15 is 0 Å². The summed E-state index contributed by atoms with van der Waals surface area (Å²) in [5.41, 5.74) is 0.142. The van der Waals surface area contributed by atoms with Gasteiger partial charge in [-0.25, -0.2) is 4.79 Å². The van der Waals surface area contributed by atoms with E-state index in [0.29, 0.717) is 30.5 Å². The predicted molar refractivity (Wildman–Crippen MR) is 83.9 cm³/mol. The minimum absolute atomic E-state index is 0.142. The molecule has 0 spiro atoms. The predicted octanol–water partition coefficient (Wildman–Crippen LogP) is 2.86. The Morgan fingerprint density at radius 1 is 0.870 bits per heavy atom. The zero-order valence-electron chi connectivity index (χ0n) is 12.9. The first-order chi connectivity index (χ1) is 11.1. The molecule has 23 heavy (non-hydrogen) atoms. The highest BCUT2D eigenvalue weighted by molar-refractivity contribution is 5.88. The molecule has 0 aliphatic heterocycles. The van der Waals surface area contributed by atoms with Gasteiger partial charge in [-0.05, 0) is 42.5 Å². The molecule has 0 fully saturated rings. The van der Waals surface area contributed by atoms with E-state index in [4.69, 9.17) is 24.1 Å². The van der Waals surface area contributed by atoms with E-state index in [-0.39, 0.29) is 5.56 Å². The van der Waals surface area contributed by atoms with Crippen molar-refractivity contribution in [3.63, 3.8) is 0 Å². The minimum atomic E-state index is -1.02. The highest BCUT2D eigenvalue weighted by Gasteiger charge is 2.09. The maximum absolute atomic E-state index is 10.9. The summed E-state index contributed by atoms with van der Waals surface area (Å²) in [7, 11) is 3.06. The summed E-state index contributed by atoms with van der Waals surface area (Å²) in [5.74, 6) is 1.29. The minimum Gasteiger partial charge on any atom is -0.497 e. The van der Waals surface area contributed by atoms with E-state index in [0.717, 1.165) is 5.75 Å². The van der Waals surface area contributed by atoms with Crippen molar-refractivity contribution < 1.29 is 28.8 Å². The molecule has 0 unspecified atom stereocenters. The monoisotopic (exact) mass is 318 g/mol. The SMILES string of the molecule is COc1ccc(OCCOc2ccc(C(=O)O)cc2OC)cc1. The largest absolute Gasteiger partial charge is 0.497 e. The van der Waals surface area contributed by atoms with Crippen LogP contribution in [-0.2, 0) is 0 Å². The molecular formula is C17H18O6. The number of aromatic carboxylic acids is 1. The average Bonchev–Trinajstić information content (AvgIpc) is 2.59. The number of methoxy groups -OCH3 is 2. The van der Waals surface area contributed by atoms with Crippen molar-refractivity contribution in [2.75, 3.05) is 27.4 Å². The van der Waals surface area contributed by atoms with Gasteiger partial charge in [-0.1, -0.05) is 0 Å². The number of rotatable bonds is 8. The summed E-state index contributed by atoms with van der Waals surface area (Å²) in [6.07, 6.45) is 0. The van der Waals surface area contributed by atoms with Crippen molar-refractivity contribution >= 4 is 5.97 Å². The van der Waals surface area contributed by atoms with E-state index in [1.807, 2.05) is 12.1 Å². The molecule has 0 radical (unpaired) electrons. The van der Waals surface area contributed by atoms with Gasteiger partial charge in [-0.15, -0.1) is 0 Å². The molecule has 0 aliphatic rings. The number of benzene rings is 2. The van der Waals surface area contributed by atoms with Crippen LogP contribution in [0, 0.1) is 0 Å². The third kappa shape index (κ3) is 4.54. The molecule has 0 bridgehead atoms. The first kappa shape index (κ1) is 16.5. The number of ether oxygens (including phenoxy) is 4. The van der Waals surface area contributed by atoms with Crippen molar-refractivity contribution in [1.82, 2.24) is 0 Å². The van der Waals surface area contributed by atoms with Gasteiger partial charge in [0, 0.05) is 0 Å². The van der Waals surface area contributed by atoms with Crippen LogP contribution in [0.1, 0.15) is 10.4 Å². The molecule has 6 nitrogen and oxygen atoms in total. The normalized spacial score (nSPS) is 10.0. The van der Waals surface area contributed by atoms with Crippen LogP contribution in [0.5, 0.6) is 23.0 Å². The van der Waals surface area contributed by atoms with Crippen molar-refractivity contribution in [1.29, 1.82) is 0 Å². The molecule has 2 aromatic carbocycles. The first-order valence-corrected chi connectivity index (χ1v) is 6.95.